The van der Waals surface area contributed by atoms with Crippen LogP contribution in [0.5, 0.6) is 5.75 Å². The number of phenols is 1. The fourth-order valence-electron chi connectivity index (χ4n) is 3.85. The van der Waals surface area contributed by atoms with Crippen LogP contribution in [0.15, 0.2) is 24.3 Å². The fourth-order valence-corrected chi connectivity index (χ4v) is 4.04. The number of carbonyl (C=O) groups is 4. The molecule has 0 aliphatic heterocycles. The Labute approximate surface area is 225 Å². The van der Waals surface area contributed by atoms with Gasteiger partial charge in [0.15, 0.2) is 5.78 Å². The molecule has 0 aromatic heterocycles. The van der Waals surface area contributed by atoms with E-state index in [1.807, 2.05) is 27.7 Å². The van der Waals surface area contributed by atoms with Gasteiger partial charge in [0, 0.05) is 0 Å². The van der Waals surface area contributed by atoms with Crippen molar-refractivity contribution in [1.82, 2.24) is 16.0 Å². The number of ketones is 1. The van der Waals surface area contributed by atoms with Crippen LogP contribution < -0.4 is 21.7 Å². The zero-order valence-electron chi connectivity index (χ0n) is 22.7. The first-order valence-electron chi connectivity index (χ1n) is 12.8. The molecule has 0 bridgehead atoms. The summed E-state index contributed by atoms with van der Waals surface area (Å²) in [4.78, 5) is 51.5. The van der Waals surface area contributed by atoms with Gasteiger partial charge in [-0.15, -0.1) is 11.6 Å². The fraction of sp³-hybridized carbons (Fsp3) is 0.630. The smallest absolute Gasteiger partial charge is 0.243 e. The number of aromatic hydroxyl groups is 1. The molecule has 10 heteroatoms. The molecule has 1 aromatic rings. The molecule has 37 heavy (non-hydrogen) atoms. The van der Waals surface area contributed by atoms with Gasteiger partial charge in [-0.2, -0.15) is 0 Å². The second-order valence-electron chi connectivity index (χ2n) is 10.7. The second-order valence-corrected chi connectivity index (χ2v) is 11.0. The third kappa shape index (κ3) is 11.5. The van der Waals surface area contributed by atoms with Crippen molar-refractivity contribution in [2.45, 2.75) is 85.0 Å². The van der Waals surface area contributed by atoms with Gasteiger partial charge in [0.25, 0.3) is 0 Å². The standard InChI is InChI=1S/C27H43ClN4O5/c1-15(2)11-20(29)25(35)31-22(12-16(3)4)26(36)32-24(17(5)6)27(37)30-21(23(34)14-28)13-18-7-9-19(33)10-8-18/h7-10,15-17,20-22,24,33H,11-14,29H2,1-6H3,(H,30,37)(H,31,35)(H,32,36)/t20-,21-,22-,24-/m0/s1. The predicted molar refractivity (Wildman–Crippen MR) is 145 cm³/mol. The molecule has 0 unspecified atom stereocenters. The van der Waals surface area contributed by atoms with E-state index in [1.165, 1.54) is 12.1 Å². The van der Waals surface area contributed by atoms with E-state index >= 15 is 0 Å². The van der Waals surface area contributed by atoms with E-state index in [9.17, 15) is 24.3 Å². The SMILES string of the molecule is CC(C)C[C@H](NC(=O)[C@@H](N)CC(C)C)C(=O)N[C@H](C(=O)N[C@@H](Cc1ccc(O)cc1)C(=O)CCl)C(C)C. The number of phenolic OH excluding ortho intramolecular Hbond substituents is 1. The van der Waals surface area contributed by atoms with Crippen molar-refractivity contribution >= 4 is 35.1 Å². The molecule has 0 aliphatic carbocycles. The van der Waals surface area contributed by atoms with Crippen LogP contribution in [0.2, 0.25) is 0 Å². The number of Topliss-reactive ketones (excluding diaryl/α,β-unsaturated/α-hetero) is 1. The van der Waals surface area contributed by atoms with Crippen LogP contribution in [0.25, 0.3) is 0 Å². The maximum absolute atomic E-state index is 13.2. The highest BCUT2D eigenvalue weighted by Gasteiger charge is 2.32. The van der Waals surface area contributed by atoms with Gasteiger partial charge in [-0.25, -0.2) is 0 Å². The average Bonchev–Trinajstić information content (AvgIpc) is 2.81. The van der Waals surface area contributed by atoms with E-state index in [-0.39, 0.29) is 41.6 Å². The van der Waals surface area contributed by atoms with Crippen LogP contribution in [-0.2, 0) is 25.6 Å². The molecule has 3 amide bonds. The largest absolute Gasteiger partial charge is 0.508 e. The zero-order chi connectivity index (χ0) is 28.3. The van der Waals surface area contributed by atoms with E-state index in [4.69, 9.17) is 17.3 Å². The average molecular weight is 539 g/mol. The number of nitrogens with two attached hydrogens (primary N) is 1. The molecular formula is C27H43ClN4O5. The van der Waals surface area contributed by atoms with Crippen LogP contribution in [0.4, 0.5) is 0 Å². The molecule has 0 aliphatic rings. The number of amides is 3. The minimum atomic E-state index is -0.950. The Kier molecular flexibility index (Phi) is 13.6. The first-order valence-corrected chi connectivity index (χ1v) is 13.3. The Hall–Kier alpha value is -2.65. The summed E-state index contributed by atoms with van der Waals surface area (Å²) in [6.45, 7) is 11.3. The quantitative estimate of drug-likeness (QED) is 0.216. The van der Waals surface area contributed by atoms with Crippen LogP contribution in [-0.4, -0.2) is 58.7 Å². The monoisotopic (exact) mass is 538 g/mol. The predicted octanol–water partition coefficient (Wildman–Crippen LogP) is 2.27. The van der Waals surface area contributed by atoms with Crippen molar-refractivity contribution in [3.8, 4) is 5.75 Å². The first kappa shape index (κ1) is 32.4. The molecule has 9 nitrogen and oxygen atoms in total. The van der Waals surface area contributed by atoms with Crippen molar-refractivity contribution in [2.24, 2.45) is 23.5 Å². The lowest BCUT2D eigenvalue weighted by Gasteiger charge is -2.28. The molecule has 1 aromatic carbocycles. The molecule has 1 rings (SSSR count). The normalized spacial score (nSPS) is 14.7. The highest BCUT2D eigenvalue weighted by atomic mass is 35.5. The van der Waals surface area contributed by atoms with E-state index in [2.05, 4.69) is 16.0 Å². The first-order chi connectivity index (χ1) is 17.2. The van der Waals surface area contributed by atoms with Crippen molar-refractivity contribution in [1.29, 1.82) is 0 Å². The molecule has 0 heterocycles. The second kappa shape index (κ2) is 15.6. The van der Waals surface area contributed by atoms with Crippen molar-refractivity contribution < 1.29 is 24.3 Å². The summed E-state index contributed by atoms with van der Waals surface area (Å²) in [5.41, 5.74) is 6.72. The summed E-state index contributed by atoms with van der Waals surface area (Å²) in [6.07, 6.45) is 1.03. The molecule has 208 valence electrons. The lowest BCUT2D eigenvalue weighted by atomic mass is 9.98. The minimum Gasteiger partial charge on any atom is -0.508 e. The highest BCUT2D eigenvalue weighted by Crippen LogP contribution is 2.13. The Bertz CT molecular complexity index is 905. The van der Waals surface area contributed by atoms with Crippen LogP contribution in [0.1, 0.15) is 59.9 Å². The van der Waals surface area contributed by atoms with Gasteiger partial charge in [0.2, 0.25) is 17.7 Å². The van der Waals surface area contributed by atoms with Crippen LogP contribution in [0.3, 0.4) is 0 Å². The Morgan fingerprint density at radius 2 is 1.35 bits per heavy atom. The summed E-state index contributed by atoms with van der Waals surface area (Å²) in [7, 11) is 0. The molecule has 0 saturated carbocycles. The Morgan fingerprint density at radius 1 is 0.811 bits per heavy atom. The maximum atomic E-state index is 13.2. The summed E-state index contributed by atoms with van der Waals surface area (Å²) in [5, 5.41) is 17.7. The van der Waals surface area contributed by atoms with Gasteiger partial charge >= 0.3 is 0 Å². The third-order valence-electron chi connectivity index (χ3n) is 5.86. The molecule has 0 fully saturated rings. The minimum absolute atomic E-state index is 0.0868. The van der Waals surface area contributed by atoms with E-state index in [0.717, 1.165) is 5.56 Å². The molecule has 4 atom stereocenters. The number of hydrogen-bond acceptors (Lipinski definition) is 6. The van der Waals surface area contributed by atoms with Crippen molar-refractivity contribution in [3.05, 3.63) is 29.8 Å². The van der Waals surface area contributed by atoms with Crippen molar-refractivity contribution in [3.63, 3.8) is 0 Å². The van der Waals surface area contributed by atoms with Crippen LogP contribution >= 0.6 is 11.6 Å². The van der Waals surface area contributed by atoms with Crippen LogP contribution in [0, 0.1) is 17.8 Å². The summed E-state index contributed by atoms with van der Waals surface area (Å²) in [6, 6.07) is 2.83. The summed E-state index contributed by atoms with van der Waals surface area (Å²) in [5.74, 6) is -2.00. The molecule has 0 spiro atoms. The molecule has 0 radical (unpaired) electrons. The summed E-state index contributed by atoms with van der Waals surface area (Å²) < 4.78 is 0. The highest BCUT2D eigenvalue weighted by molar-refractivity contribution is 6.28. The van der Waals surface area contributed by atoms with Gasteiger partial charge in [0.05, 0.1) is 18.0 Å². The zero-order valence-corrected chi connectivity index (χ0v) is 23.5. The number of carbonyl (C=O) groups excluding carboxylic acids is 4. The van der Waals surface area contributed by atoms with E-state index in [0.29, 0.717) is 12.8 Å². The topological polar surface area (TPSA) is 151 Å². The molecule has 0 saturated heterocycles. The van der Waals surface area contributed by atoms with Gasteiger partial charge < -0.3 is 26.8 Å². The van der Waals surface area contributed by atoms with Crippen molar-refractivity contribution in [2.75, 3.05) is 5.88 Å². The number of hydrogen-bond donors (Lipinski definition) is 5. The lowest BCUT2D eigenvalue weighted by Crippen LogP contribution is -2.59. The number of benzene rings is 1. The maximum Gasteiger partial charge on any atom is 0.243 e. The third-order valence-corrected chi connectivity index (χ3v) is 6.13. The lowest BCUT2D eigenvalue weighted by molar-refractivity contribution is -0.134. The number of halogens is 1. The molecular weight excluding hydrogens is 496 g/mol. The van der Waals surface area contributed by atoms with E-state index in [1.54, 1.807) is 26.0 Å². The summed E-state index contributed by atoms with van der Waals surface area (Å²) >= 11 is 5.78. The Morgan fingerprint density at radius 3 is 1.84 bits per heavy atom. The Balaban J connectivity index is 3.01. The number of alkyl halides is 1. The van der Waals surface area contributed by atoms with Gasteiger partial charge in [-0.3, -0.25) is 19.2 Å². The van der Waals surface area contributed by atoms with Gasteiger partial charge in [-0.1, -0.05) is 53.7 Å². The molecule has 6 N–H and O–H groups in total. The number of nitrogens with one attached hydrogen (secondary N) is 3. The number of rotatable bonds is 15. The van der Waals surface area contributed by atoms with Gasteiger partial charge in [-0.05, 0) is 54.7 Å². The van der Waals surface area contributed by atoms with E-state index < -0.39 is 41.9 Å². The van der Waals surface area contributed by atoms with Gasteiger partial charge in [0.1, 0.15) is 17.8 Å².